The lowest BCUT2D eigenvalue weighted by Gasteiger charge is -2.25. The molecule has 0 aliphatic carbocycles. The van der Waals surface area contributed by atoms with Gasteiger partial charge in [-0.25, -0.2) is 0 Å². The lowest BCUT2D eigenvalue weighted by atomic mass is 10.0. The van der Waals surface area contributed by atoms with Crippen molar-refractivity contribution in [1.82, 2.24) is 15.2 Å². The van der Waals surface area contributed by atoms with Crippen LogP contribution >= 0.6 is 12.2 Å². The lowest BCUT2D eigenvalue weighted by Crippen LogP contribution is -2.30. The Hall–Kier alpha value is -1.88. The van der Waals surface area contributed by atoms with Gasteiger partial charge in [0, 0.05) is 12.7 Å². The summed E-state index contributed by atoms with van der Waals surface area (Å²) in [4.78, 5) is 6.68. The van der Waals surface area contributed by atoms with Gasteiger partial charge in [0.2, 0.25) is 0 Å². The highest BCUT2D eigenvalue weighted by Crippen LogP contribution is 2.39. The molecule has 0 saturated carbocycles. The van der Waals surface area contributed by atoms with E-state index in [0.717, 1.165) is 35.3 Å². The average molecular weight is 301 g/mol. The van der Waals surface area contributed by atoms with Crippen molar-refractivity contribution in [3.8, 4) is 0 Å². The predicted molar refractivity (Wildman–Crippen MR) is 85.9 cm³/mol. The standard InChI is InChI=1S/C16H19N3OS/c1-3-10-19-15(13-8-7-11(2)20-13)14(18-16(19)21)12-6-4-5-9-17-12/h4-9,14-15H,3,10H2,1-2H3,(H,18,21)/t14-,15-/m0/s1. The van der Waals surface area contributed by atoms with Crippen LogP contribution in [-0.2, 0) is 0 Å². The molecule has 3 heterocycles. The zero-order valence-electron chi connectivity index (χ0n) is 12.2. The molecule has 2 atom stereocenters. The van der Waals surface area contributed by atoms with Crippen LogP contribution in [0, 0.1) is 6.92 Å². The van der Waals surface area contributed by atoms with E-state index in [0.29, 0.717) is 0 Å². The van der Waals surface area contributed by atoms with Crippen molar-refractivity contribution in [3.63, 3.8) is 0 Å². The molecule has 5 heteroatoms. The largest absolute Gasteiger partial charge is 0.464 e. The summed E-state index contributed by atoms with van der Waals surface area (Å²) in [5, 5.41) is 4.17. The second-order valence-corrected chi connectivity index (χ2v) is 5.66. The van der Waals surface area contributed by atoms with Crippen molar-refractivity contribution < 1.29 is 4.42 Å². The maximum absolute atomic E-state index is 5.87. The number of pyridine rings is 1. The van der Waals surface area contributed by atoms with Crippen molar-refractivity contribution >= 4 is 17.3 Å². The number of hydrogen-bond donors (Lipinski definition) is 1. The van der Waals surface area contributed by atoms with Gasteiger partial charge in [0.1, 0.15) is 17.6 Å². The molecule has 2 aromatic heterocycles. The summed E-state index contributed by atoms with van der Waals surface area (Å²) >= 11 is 5.51. The summed E-state index contributed by atoms with van der Waals surface area (Å²) in [6.07, 6.45) is 2.85. The van der Waals surface area contributed by atoms with Crippen molar-refractivity contribution in [2.75, 3.05) is 6.54 Å². The van der Waals surface area contributed by atoms with E-state index < -0.39 is 0 Å². The van der Waals surface area contributed by atoms with Gasteiger partial charge in [0.25, 0.3) is 0 Å². The van der Waals surface area contributed by atoms with E-state index in [1.165, 1.54) is 0 Å². The summed E-state index contributed by atoms with van der Waals surface area (Å²) < 4.78 is 5.87. The van der Waals surface area contributed by atoms with Crippen LogP contribution in [0.5, 0.6) is 0 Å². The number of nitrogens with one attached hydrogen (secondary N) is 1. The van der Waals surface area contributed by atoms with Crippen LogP contribution in [0.3, 0.4) is 0 Å². The molecule has 1 saturated heterocycles. The predicted octanol–water partition coefficient (Wildman–Crippen LogP) is 3.37. The minimum atomic E-state index is 0.0239. The molecule has 0 aromatic carbocycles. The third-order valence-electron chi connectivity index (χ3n) is 3.71. The van der Waals surface area contributed by atoms with Gasteiger partial charge in [-0.1, -0.05) is 13.0 Å². The van der Waals surface area contributed by atoms with Crippen LogP contribution in [0.2, 0.25) is 0 Å². The van der Waals surface area contributed by atoms with E-state index in [2.05, 4.69) is 22.1 Å². The van der Waals surface area contributed by atoms with E-state index in [4.69, 9.17) is 16.6 Å². The van der Waals surface area contributed by atoms with Gasteiger partial charge in [-0.05, 0) is 49.8 Å². The molecular weight excluding hydrogens is 282 g/mol. The first-order valence-corrected chi connectivity index (χ1v) is 7.66. The first-order valence-electron chi connectivity index (χ1n) is 7.25. The number of aromatic nitrogens is 1. The third kappa shape index (κ3) is 2.65. The molecule has 1 aliphatic rings. The fourth-order valence-corrected chi connectivity index (χ4v) is 3.14. The van der Waals surface area contributed by atoms with E-state index >= 15 is 0 Å². The Balaban J connectivity index is 2.00. The highest BCUT2D eigenvalue weighted by atomic mass is 32.1. The molecule has 1 aliphatic heterocycles. The minimum absolute atomic E-state index is 0.0239. The zero-order chi connectivity index (χ0) is 14.8. The Bertz CT molecular complexity index is 625. The lowest BCUT2D eigenvalue weighted by molar-refractivity contribution is 0.269. The monoisotopic (exact) mass is 301 g/mol. The van der Waals surface area contributed by atoms with Crippen molar-refractivity contribution in [3.05, 3.63) is 53.7 Å². The Labute approximate surface area is 130 Å². The molecule has 1 fully saturated rings. The zero-order valence-corrected chi connectivity index (χ0v) is 13.1. The Morgan fingerprint density at radius 3 is 2.81 bits per heavy atom. The summed E-state index contributed by atoms with van der Waals surface area (Å²) in [5.74, 6) is 1.85. The van der Waals surface area contributed by atoms with Crippen LogP contribution in [0.4, 0.5) is 0 Å². The molecule has 0 spiro atoms. The molecule has 0 amide bonds. The van der Waals surface area contributed by atoms with Crippen molar-refractivity contribution in [2.24, 2.45) is 0 Å². The SMILES string of the molecule is CCCN1C(=S)N[C@@H](c2ccccn2)[C@@H]1c1ccc(C)o1. The normalized spacial score (nSPS) is 21.6. The third-order valence-corrected chi connectivity index (χ3v) is 4.07. The highest BCUT2D eigenvalue weighted by molar-refractivity contribution is 7.80. The average Bonchev–Trinajstić information content (AvgIpc) is 3.05. The number of thiocarbonyl (C=S) groups is 1. The number of furan rings is 1. The van der Waals surface area contributed by atoms with Crippen LogP contribution < -0.4 is 5.32 Å². The fourth-order valence-electron chi connectivity index (χ4n) is 2.81. The molecule has 4 nitrogen and oxygen atoms in total. The first-order chi connectivity index (χ1) is 10.2. The maximum Gasteiger partial charge on any atom is 0.170 e. The maximum atomic E-state index is 5.87. The van der Waals surface area contributed by atoms with Gasteiger partial charge in [-0.2, -0.15) is 0 Å². The molecule has 110 valence electrons. The molecule has 3 rings (SSSR count). The van der Waals surface area contributed by atoms with Gasteiger partial charge >= 0.3 is 0 Å². The van der Waals surface area contributed by atoms with Crippen LogP contribution in [0.15, 0.2) is 40.9 Å². The topological polar surface area (TPSA) is 41.3 Å². The highest BCUT2D eigenvalue weighted by Gasteiger charge is 2.40. The van der Waals surface area contributed by atoms with Crippen molar-refractivity contribution in [1.29, 1.82) is 0 Å². The molecule has 0 unspecified atom stereocenters. The fraction of sp³-hybridized carbons (Fsp3) is 0.375. The van der Waals surface area contributed by atoms with E-state index in [-0.39, 0.29) is 12.1 Å². The van der Waals surface area contributed by atoms with Gasteiger partial charge in [-0.3, -0.25) is 4.98 Å². The molecule has 2 aromatic rings. The molecular formula is C16H19N3OS. The minimum Gasteiger partial charge on any atom is -0.464 e. The number of rotatable bonds is 4. The van der Waals surface area contributed by atoms with E-state index in [1.54, 1.807) is 0 Å². The molecule has 21 heavy (non-hydrogen) atoms. The van der Waals surface area contributed by atoms with E-state index in [9.17, 15) is 0 Å². The quantitative estimate of drug-likeness (QED) is 0.877. The van der Waals surface area contributed by atoms with Gasteiger partial charge in [0.05, 0.1) is 11.7 Å². The molecule has 1 N–H and O–H groups in total. The Kier molecular flexibility index (Phi) is 3.92. The van der Waals surface area contributed by atoms with Crippen LogP contribution in [0.1, 0.15) is 42.6 Å². The van der Waals surface area contributed by atoms with E-state index in [1.807, 2.05) is 43.5 Å². The van der Waals surface area contributed by atoms with Gasteiger partial charge < -0.3 is 14.6 Å². The van der Waals surface area contributed by atoms with Gasteiger partial charge in [0.15, 0.2) is 5.11 Å². The number of nitrogens with zero attached hydrogens (tertiary/aromatic N) is 2. The summed E-state index contributed by atoms with van der Waals surface area (Å²) in [6, 6.07) is 10.1. The van der Waals surface area contributed by atoms with Gasteiger partial charge in [-0.15, -0.1) is 0 Å². The first kappa shape index (κ1) is 14.1. The Morgan fingerprint density at radius 2 is 2.19 bits per heavy atom. The summed E-state index contributed by atoms with van der Waals surface area (Å²) in [6.45, 7) is 5.02. The summed E-state index contributed by atoms with van der Waals surface area (Å²) in [7, 11) is 0. The summed E-state index contributed by atoms with van der Waals surface area (Å²) in [5.41, 5.74) is 0.984. The Morgan fingerprint density at radius 1 is 1.33 bits per heavy atom. The molecule has 0 bridgehead atoms. The van der Waals surface area contributed by atoms with Crippen LogP contribution in [0.25, 0.3) is 0 Å². The smallest absolute Gasteiger partial charge is 0.170 e. The second kappa shape index (κ2) is 5.85. The molecule has 0 radical (unpaired) electrons. The number of aryl methyl sites for hydroxylation is 1. The number of hydrogen-bond acceptors (Lipinski definition) is 3. The van der Waals surface area contributed by atoms with Crippen molar-refractivity contribution in [2.45, 2.75) is 32.4 Å². The second-order valence-electron chi connectivity index (χ2n) is 5.27. The van der Waals surface area contributed by atoms with Crippen LogP contribution in [-0.4, -0.2) is 21.5 Å².